The van der Waals surface area contributed by atoms with E-state index in [1.165, 1.54) is 12.8 Å². The van der Waals surface area contributed by atoms with Gasteiger partial charge in [-0.25, -0.2) is 4.79 Å². The quantitative estimate of drug-likeness (QED) is 0.518. The monoisotopic (exact) mass is 196 g/mol. The van der Waals surface area contributed by atoms with E-state index in [-0.39, 0.29) is 0 Å². The smallest absolute Gasteiger partial charge is 0.269 e. The first-order valence-corrected chi connectivity index (χ1v) is 4.85. The second-order valence-corrected chi connectivity index (χ2v) is 3.80. The molecular formula is C9H12N2O3. The molecule has 1 aliphatic heterocycles. The van der Waals surface area contributed by atoms with Gasteiger partial charge in [-0.3, -0.25) is 19.8 Å². The Bertz CT molecular complexity index is 296. The van der Waals surface area contributed by atoms with Crippen molar-refractivity contribution in [2.75, 3.05) is 6.54 Å². The number of urea groups is 1. The molecule has 0 atom stereocenters. The van der Waals surface area contributed by atoms with Gasteiger partial charge >= 0.3 is 17.8 Å². The average Bonchev–Trinajstić information content (AvgIpc) is 2.90. The highest BCUT2D eigenvalue weighted by molar-refractivity contribution is 6.44. The maximum Gasteiger partial charge on any atom is 0.331 e. The van der Waals surface area contributed by atoms with Crippen LogP contribution in [0.4, 0.5) is 4.79 Å². The highest BCUT2D eigenvalue weighted by Gasteiger charge is 2.36. The fourth-order valence-electron chi connectivity index (χ4n) is 1.58. The Kier molecular flexibility index (Phi) is 2.23. The van der Waals surface area contributed by atoms with Crippen LogP contribution in [0.5, 0.6) is 0 Å². The summed E-state index contributed by atoms with van der Waals surface area (Å²) in [7, 11) is 0. The van der Waals surface area contributed by atoms with Crippen LogP contribution in [-0.2, 0) is 9.59 Å². The Balaban J connectivity index is 1.80. The van der Waals surface area contributed by atoms with Crippen molar-refractivity contribution in [1.29, 1.82) is 0 Å². The van der Waals surface area contributed by atoms with Crippen molar-refractivity contribution in [2.24, 2.45) is 5.92 Å². The largest absolute Gasteiger partial charge is 0.331 e. The summed E-state index contributed by atoms with van der Waals surface area (Å²) in [6, 6.07) is -0.573. The van der Waals surface area contributed by atoms with Crippen molar-refractivity contribution in [3.8, 4) is 0 Å². The van der Waals surface area contributed by atoms with Gasteiger partial charge in [0.2, 0.25) is 0 Å². The first-order valence-electron chi connectivity index (χ1n) is 4.85. The maximum absolute atomic E-state index is 11.1. The molecule has 2 rings (SSSR count). The molecule has 4 amide bonds. The van der Waals surface area contributed by atoms with E-state index in [1.54, 1.807) is 0 Å². The topological polar surface area (TPSA) is 66.5 Å². The van der Waals surface area contributed by atoms with E-state index < -0.39 is 17.8 Å². The first kappa shape index (κ1) is 9.18. The summed E-state index contributed by atoms with van der Waals surface area (Å²) in [5.41, 5.74) is 0. The predicted octanol–water partition coefficient (Wildman–Crippen LogP) is 0.255. The molecule has 5 nitrogen and oxygen atoms in total. The molecule has 1 aliphatic carbocycles. The number of rotatable bonds is 4. The van der Waals surface area contributed by atoms with Crippen molar-refractivity contribution in [1.82, 2.24) is 10.2 Å². The van der Waals surface area contributed by atoms with Gasteiger partial charge in [-0.1, -0.05) is 12.8 Å². The lowest BCUT2D eigenvalue weighted by atomic mass is 10.2. The third-order valence-electron chi connectivity index (χ3n) is 2.60. The molecule has 1 saturated carbocycles. The van der Waals surface area contributed by atoms with E-state index in [2.05, 4.69) is 0 Å². The van der Waals surface area contributed by atoms with Crippen molar-refractivity contribution < 1.29 is 14.4 Å². The molecule has 0 unspecified atom stereocenters. The Morgan fingerprint density at radius 3 is 2.50 bits per heavy atom. The summed E-state index contributed by atoms with van der Waals surface area (Å²) < 4.78 is 0. The van der Waals surface area contributed by atoms with E-state index in [0.29, 0.717) is 6.54 Å². The molecule has 5 heteroatoms. The van der Waals surface area contributed by atoms with Gasteiger partial charge in [0.15, 0.2) is 0 Å². The molecule has 0 bridgehead atoms. The Labute approximate surface area is 81.4 Å². The number of imide groups is 2. The van der Waals surface area contributed by atoms with Gasteiger partial charge in [0.1, 0.15) is 0 Å². The van der Waals surface area contributed by atoms with Crippen LogP contribution in [0.2, 0.25) is 0 Å². The molecule has 76 valence electrons. The Morgan fingerprint density at radius 2 is 2.00 bits per heavy atom. The zero-order valence-corrected chi connectivity index (χ0v) is 7.78. The second-order valence-electron chi connectivity index (χ2n) is 3.80. The van der Waals surface area contributed by atoms with Crippen LogP contribution in [0.25, 0.3) is 0 Å². The maximum atomic E-state index is 11.1. The molecule has 0 aromatic heterocycles. The summed E-state index contributed by atoms with van der Waals surface area (Å²) >= 11 is 0. The predicted molar refractivity (Wildman–Crippen MR) is 47.2 cm³/mol. The van der Waals surface area contributed by atoms with Crippen LogP contribution in [0, 0.1) is 5.92 Å². The molecule has 0 radical (unpaired) electrons. The van der Waals surface area contributed by atoms with E-state index in [1.807, 2.05) is 5.32 Å². The molecule has 2 fully saturated rings. The zero-order valence-electron chi connectivity index (χ0n) is 7.78. The fourth-order valence-corrected chi connectivity index (χ4v) is 1.58. The van der Waals surface area contributed by atoms with Gasteiger partial charge in [-0.05, 0) is 18.8 Å². The molecule has 1 N–H and O–H groups in total. The van der Waals surface area contributed by atoms with Crippen molar-refractivity contribution in [3.63, 3.8) is 0 Å². The van der Waals surface area contributed by atoms with E-state index in [0.717, 1.165) is 23.7 Å². The second kappa shape index (κ2) is 3.40. The lowest BCUT2D eigenvalue weighted by Gasteiger charge is -2.09. The van der Waals surface area contributed by atoms with Crippen LogP contribution in [-0.4, -0.2) is 29.3 Å². The SMILES string of the molecule is O=C1NC(=O)N(CCCC2CC2)C1=O. The number of carbonyl (C=O) groups is 3. The first-order chi connectivity index (χ1) is 6.68. The molecular weight excluding hydrogens is 184 g/mol. The highest BCUT2D eigenvalue weighted by Crippen LogP contribution is 2.33. The van der Waals surface area contributed by atoms with Gasteiger partial charge in [0.05, 0.1) is 0 Å². The number of nitrogens with zero attached hydrogens (tertiary/aromatic N) is 1. The number of nitrogens with one attached hydrogen (secondary N) is 1. The summed E-state index contributed by atoms with van der Waals surface area (Å²) in [5, 5.41) is 1.97. The molecule has 1 heterocycles. The van der Waals surface area contributed by atoms with Gasteiger partial charge in [0, 0.05) is 6.54 Å². The molecule has 0 spiro atoms. The van der Waals surface area contributed by atoms with Crippen LogP contribution in [0.3, 0.4) is 0 Å². The minimum Gasteiger partial charge on any atom is -0.269 e. The summed E-state index contributed by atoms with van der Waals surface area (Å²) in [4.78, 5) is 33.9. The molecule has 0 aromatic carbocycles. The third-order valence-corrected chi connectivity index (χ3v) is 2.60. The van der Waals surface area contributed by atoms with Gasteiger partial charge in [-0.15, -0.1) is 0 Å². The van der Waals surface area contributed by atoms with Crippen molar-refractivity contribution >= 4 is 17.8 Å². The molecule has 0 aromatic rings. The Morgan fingerprint density at radius 1 is 1.29 bits per heavy atom. The van der Waals surface area contributed by atoms with Crippen LogP contribution < -0.4 is 5.32 Å². The van der Waals surface area contributed by atoms with E-state index >= 15 is 0 Å². The molecule has 1 saturated heterocycles. The van der Waals surface area contributed by atoms with E-state index in [4.69, 9.17) is 0 Å². The standard InChI is InChI=1S/C9H12N2O3/c12-7-8(13)11(9(14)10-7)5-1-2-6-3-4-6/h6H,1-5H2,(H,10,12,14). The van der Waals surface area contributed by atoms with Gasteiger partial charge in [0.25, 0.3) is 0 Å². The van der Waals surface area contributed by atoms with Crippen LogP contribution in [0.1, 0.15) is 25.7 Å². The normalized spacial score (nSPS) is 21.7. The number of hydrogen-bond donors (Lipinski definition) is 1. The highest BCUT2D eigenvalue weighted by atomic mass is 16.2. The van der Waals surface area contributed by atoms with E-state index in [9.17, 15) is 14.4 Å². The number of amides is 4. The summed E-state index contributed by atoms with van der Waals surface area (Å²) in [5.74, 6) is -0.737. The lowest BCUT2D eigenvalue weighted by molar-refractivity contribution is -0.140. The minimum atomic E-state index is -0.804. The van der Waals surface area contributed by atoms with Gasteiger partial charge in [-0.2, -0.15) is 0 Å². The number of carbonyl (C=O) groups excluding carboxylic acids is 3. The fraction of sp³-hybridized carbons (Fsp3) is 0.667. The zero-order chi connectivity index (χ0) is 10.1. The molecule has 2 aliphatic rings. The summed E-state index contributed by atoms with van der Waals surface area (Å²) in [6.45, 7) is 0.368. The van der Waals surface area contributed by atoms with Crippen LogP contribution >= 0.6 is 0 Å². The lowest BCUT2D eigenvalue weighted by Crippen LogP contribution is -2.31. The summed E-state index contributed by atoms with van der Waals surface area (Å²) in [6.07, 6.45) is 4.38. The van der Waals surface area contributed by atoms with Crippen molar-refractivity contribution in [2.45, 2.75) is 25.7 Å². The average molecular weight is 196 g/mol. The molecule has 14 heavy (non-hydrogen) atoms. The van der Waals surface area contributed by atoms with Crippen LogP contribution in [0.15, 0.2) is 0 Å². The third kappa shape index (κ3) is 1.76. The van der Waals surface area contributed by atoms with Gasteiger partial charge < -0.3 is 0 Å². The Hall–Kier alpha value is -1.39. The van der Waals surface area contributed by atoms with Crippen molar-refractivity contribution in [3.05, 3.63) is 0 Å². The number of hydrogen-bond acceptors (Lipinski definition) is 3. The minimum absolute atomic E-state index is 0.368.